The van der Waals surface area contributed by atoms with Crippen LogP contribution in [0, 0.1) is 0 Å². The largest absolute Gasteiger partial charge is 0.491 e. The van der Waals surface area contributed by atoms with Gasteiger partial charge >= 0.3 is 13.3 Å². The Labute approximate surface area is 243 Å². The molecule has 0 aliphatic carbocycles. The molecular weight excluding hydrogens is 556 g/mol. The average molecular weight is 594 g/mol. The van der Waals surface area contributed by atoms with Crippen LogP contribution in [0.1, 0.15) is 36.5 Å². The van der Waals surface area contributed by atoms with Crippen molar-refractivity contribution in [3.8, 4) is 0 Å². The molecule has 3 amide bonds. The molecule has 0 bridgehead atoms. The molecule has 9 N–H and O–H groups in total. The van der Waals surface area contributed by atoms with E-state index in [9.17, 15) is 32.6 Å². The number of aryl methyl sites for hydroxylation is 1. The van der Waals surface area contributed by atoms with E-state index in [0.717, 1.165) is 29.7 Å². The molecule has 0 saturated heterocycles. The van der Waals surface area contributed by atoms with E-state index >= 15 is 0 Å². The molecule has 3 rings (SSSR count). The van der Waals surface area contributed by atoms with Crippen molar-refractivity contribution >= 4 is 36.0 Å². The van der Waals surface area contributed by atoms with E-state index in [2.05, 4.69) is 10.6 Å². The van der Waals surface area contributed by atoms with Gasteiger partial charge in [-0.1, -0.05) is 25.1 Å². The minimum Gasteiger partial charge on any atom is -0.423 e. The Morgan fingerprint density at radius 2 is 1.74 bits per heavy atom. The fourth-order valence-electron chi connectivity index (χ4n) is 3.98. The number of carbonyl (C=O) groups is 3. The molecule has 11 nitrogen and oxygen atoms in total. The van der Waals surface area contributed by atoms with Gasteiger partial charge in [0, 0.05) is 38.3 Å². The van der Waals surface area contributed by atoms with E-state index in [4.69, 9.17) is 21.9 Å². The summed E-state index contributed by atoms with van der Waals surface area (Å²) >= 11 is 0. The number of hydrogen-bond donors (Lipinski definition) is 6. The zero-order valence-electron chi connectivity index (χ0n) is 23.5. The Morgan fingerprint density at radius 3 is 2.31 bits per heavy atom. The van der Waals surface area contributed by atoms with Crippen LogP contribution in [0.15, 0.2) is 42.5 Å². The quantitative estimate of drug-likeness (QED) is 0.187. The standard InChI is InChI=1S/C18H29BN6O5.C9H9F3/c20-5-7-25(8-6-21)17(27)4-3-15(22)18(28)23-10-16(26)24-13-1-2-14-12(9-13)11-30-19(14)29;1-2-7-3-5-8(6-4-7)9(10,11)12/h1-2,9,15,29H,3-8,10-11,20-22H2,(H,23,28)(H,24,26);3-6H,2H2,1H3. The number of alkyl halides is 3. The number of fused-ring (bicyclic) bond motifs is 1. The van der Waals surface area contributed by atoms with Crippen molar-refractivity contribution in [2.24, 2.45) is 17.2 Å². The molecule has 0 fully saturated rings. The van der Waals surface area contributed by atoms with Crippen molar-refractivity contribution < 1.29 is 37.2 Å². The molecule has 1 heterocycles. The van der Waals surface area contributed by atoms with Gasteiger partial charge in [0.15, 0.2) is 0 Å². The van der Waals surface area contributed by atoms with E-state index < -0.39 is 36.7 Å². The number of rotatable bonds is 12. The maximum absolute atomic E-state index is 12.2. The van der Waals surface area contributed by atoms with Gasteiger partial charge in [-0.15, -0.1) is 0 Å². The SMILES string of the molecule is CCc1ccc(C(F)(F)F)cc1.NCCN(CCN)C(=O)CCC(N)C(=O)NCC(=O)Nc1ccc2c(c1)COB2O. The Kier molecular flexibility index (Phi) is 13.9. The normalized spacial score (nSPS) is 13.0. The molecule has 1 atom stereocenters. The van der Waals surface area contributed by atoms with Crippen LogP contribution >= 0.6 is 0 Å². The van der Waals surface area contributed by atoms with Gasteiger partial charge in [0.1, 0.15) is 0 Å². The maximum atomic E-state index is 12.2. The van der Waals surface area contributed by atoms with Gasteiger partial charge in [-0.25, -0.2) is 0 Å². The summed E-state index contributed by atoms with van der Waals surface area (Å²) in [5.74, 6) is -1.12. The van der Waals surface area contributed by atoms with E-state index in [0.29, 0.717) is 37.3 Å². The third kappa shape index (κ3) is 11.1. The zero-order chi connectivity index (χ0) is 31.3. The van der Waals surface area contributed by atoms with Crippen LogP contribution in [0.2, 0.25) is 0 Å². The van der Waals surface area contributed by atoms with Crippen LogP contribution in [-0.2, 0) is 38.2 Å². The van der Waals surface area contributed by atoms with Crippen LogP contribution in [0.3, 0.4) is 0 Å². The van der Waals surface area contributed by atoms with Gasteiger partial charge in [-0.3, -0.25) is 14.4 Å². The number of anilines is 1. The van der Waals surface area contributed by atoms with E-state index in [-0.39, 0.29) is 31.9 Å². The summed E-state index contributed by atoms with van der Waals surface area (Å²) in [6, 6.07) is 9.33. The number of hydrogen-bond acceptors (Lipinski definition) is 8. The second-order valence-corrected chi connectivity index (χ2v) is 9.49. The maximum Gasteiger partial charge on any atom is 0.491 e. The first-order valence-electron chi connectivity index (χ1n) is 13.5. The van der Waals surface area contributed by atoms with E-state index in [1.54, 1.807) is 23.1 Å². The Bertz CT molecular complexity index is 1180. The second kappa shape index (κ2) is 16.8. The highest BCUT2D eigenvalue weighted by molar-refractivity contribution is 6.61. The first kappa shape index (κ1) is 34.7. The third-order valence-electron chi connectivity index (χ3n) is 6.36. The van der Waals surface area contributed by atoms with Crippen LogP contribution < -0.4 is 33.3 Å². The number of benzene rings is 2. The molecule has 1 aliphatic rings. The number of halogens is 3. The van der Waals surface area contributed by atoms with Crippen molar-refractivity contribution in [1.82, 2.24) is 10.2 Å². The fraction of sp³-hybridized carbons (Fsp3) is 0.444. The summed E-state index contributed by atoms with van der Waals surface area (Å²) in [4.78, 5) is 37.9. The van der Waals surface area contributed by atoms with Crippen LogP contribution in [0.25, 0.3) is 0 Å². The predicted octanol–water partition coefficient (Wildman–Crippen LogP) is 0.0803. The van der Waals surface area contributed by atoms with Crippen molar-refractivity contribution in [3.63, 3.8) is 0 Å². The monoisotopic (exact) mass is 594 g/mol. The molecule has 0 aromatic heterocycles. The van der Waals surface area contributed by atoms with Crippen molar-refractivity contribution in [2.75, 3.05) is 38.0 Å². The zero-order valence-corrected chi connectivity index (χ0v) is 23.5. The van der Waals surface area contributed by atoms with Crippen molar-refractivity contribution in [1.29, 1.82) is 0 Å². The molecule has 2 aromatic carbocycles. The molecule has 2 aromatic rings. The Balaban J connectivity index is 0.000000428. The summed E-state index contributed by atoms with van der Waals surface area (Å²) in [6.07, 6.45) is -3.22. The van der Waals surface area contributed by atoms with Crippen LogP contribution in [0.4, 0.5) is 18.9 Å². The van der Waals surface area contributed by atoms with Gasteiger partial charge in [-0.2, -0.15) is 13.2 Å². The van der Waals surface area contributed by atoms with E-state index in [1.807, 2.05) is 6.92 Å². The highest BCUT2D eigenvalue weighted by Crippen LogP contribution is 2.29. The summed E-state index contributed by atoms with van der Waals surface area (Å²) in [5.41, 5.74) is 19.1. The van der Waals surface area contributed by atoms with Gasteiger partial charge in [0.2, 0.25) is 17.7 Å². The van der Waals surface area contributed by atoms with Crippen LogP contribution in [0.5, 0.6) is 0 Å². The number of nitrogens with two attached hydrogens (primary N) is 3. The molecule has 230 valence electrons. The molecule has 0 radical (unpaired) electrons. The molecule has 0 saturated carbocycles. The lowest BCUT2D eigenvalue weighted by Gasteiger charge is -2.22. The number of nitrogens with one attached hydrogen (secondary N) is 2. The van der Waals surface area contributed by atoms with Gasteiger partial charge in [-0.05, 0) is 53.7 Å². The molecular formula is C27H38BF3N6O5. The average Bonchev–Trinajstić information content (AvgIpc) is 3.33. The molecule has 1 aliphatic heterocycles. The molecule has 42 heavy (non-hydrogen) atoms. The summed E-state index contributed by atoms with van der Waals surface area (Å²) in [7, 11) is -0.949. The molecule has 1 unspecified atom stereocenters. The topological polar surface area (TPSA) is 186 Å². The highest BCUT2D eigenvalue weighted by Gasteiger charge is 2.30. The third-order valence-corrected chi connectivity index (χ3v) is 6.36. The lowest BCUT2D eigenvalue weighted by Crippen LogP contribution is -2.45. The van der Waals surface area contributed by atoms with E-state index in [1.165, 1.54) is 12.1 Å². The van der Waals surface area contributed by atoms with Crippen molar-refractivity contribution in [2.45, 2.75) is 45.0 Å². The summed E-state index contributed by atoms with van der Waals surface area (Å²) in [5, 5.41) is 14.7. The van der Waals surface area contributed by atoms with Crippen molar-refractivity contribution in [3.05, 3.63) is 59.2 Å². The first-order valence-corrected chi connectivity index (χ1v) is 13.5. The predicted molar refractivity (Wildman–Crippen MR) is 153 cm³/mol. The number of amides is 3. The minimum atomic E-state index is -4.22. The van der Waals surface area contributed by atoms with Gasteiger partial charge in [0.05, 0.1) is 24.8 Å². The fourth-order valence-corrected chi connectivity index (χ4v) is 3.98. The Hall–Kier alpha value is -3.50. The van der Waals surface area contributed by atoms with Crippen LogP contribution in [-0.4, -0.2) is 73.5 Å². The van der Waals surface area contributed by atoms with Gasteiger partial charge in [0.25, 0.3) is 0 Å². The summed E-state index contributed by atoms with van der Waals surface area (Å²) < 4.78 is 41.2. The smallest absolute Gasteiger partial charge is 0.423 e. The number of nitrogens with zero attached hydrogens (tertiary/aromatic N) is 1. The molecule has 15 heteroatoms. The minimum absolute atomic E-state index is 0.0871. The second-order valence-electron chi connectivity index (χ2n) is 9.49. The lowest BCUT2D eigenvalue weighted by atomic mass is 9.79. The highest BCUT2D eigenvalue weighted by atomic mass is 19.4. The number of carbonyl (C=O) groups excluding carboxylic acids is 3. The Morgan fingerprint density at radius 1 is 1.10 bits per heavy atom. The summed E-state index contributed by atoms with van der Waals surface area (Å²) in [6.45, 7) is 3.34. The first-order chi connectivity index (χ1) is 19.9. The van der Waals surface area contributed by atoms with Gasteiger partial charge < -0.3 is 42.4 Å². The molecule has 0 spiro atoms. The lowest BCUT2D eigenvalue weighted by molar-refractivity contribution is -0.137.